The van der Waals surface area contributed by atoms with Gasteiger partial charge in [0.1, 0.15) is 0 Å². The molecule has 3 aliphatic rings. The highest BCUT2D eigenvalue weighted by Gasteiger charge is 2.24. The van der Waals surface area contributed by atoms with Crippen LogP contribution in [0.15, 0.2) is 34.3 Å². The SMILES string of the molecule is CON1CC(CON2CC(CON3CC=COC3=O)=CSC2=S)=CSC1=O. The molecule has 12 heteroatoms. The van der Waals surface area contributed by atoms with Crippen LogP contribution in [0.2, 0.25) is 0 Å². The largest absolute Gasteiger partial charge is 0.439 e. The Morgan fingerprint density at radius 2 is 1.74 bits per heavy atom. The summed E-state index contributed by atoms with van der Waals surface area (Å²) in [6.07, 6.45) is 2.46. The van der Waals surface area contributed by atoms with Crippen LogP contribution in [-0.2, 0) is 19.2 Å². The fourth-order valence-electron chi connectivity index (χ4n) is 2.16. The molecule has 2 amide bonds. The van der Waals surface area contributed by atoms with Gasteiger partial charge in [0, 0.05) is 0 Å². The molecule has 0 aromatic carbocycles. The Morgan fingerprint density at radius 1 is 1.07 bits per heavy atom. The van der Waals surface area contributed by atoms with Crippen LogP contribution in [0.4, 0.5) is 9.59 Å². The number of thiocarbonyl (C=S) groups is 1. The predicted molar refractivity (Wildman–Crippen MR) is 104 cm³/mol. The van der Waals surface area contributed by atoms with Crippen LogP contribution in [0.3, 0.4) is 0 Å². The molecule has 0 radical (unpaired) electrons. The van der Waals surface area contributed by atoms with Gasteiger partial charge in [-0.1, -0.05) is 24.0 Å². The average molecular weight is 432 g/mol. The zero-order valence-electron chi connectivity index (χ0n) is 14.4. The molecular formula is C15H17N3O6S3. The number of amides is 2. The van der Waals surface area contributed by atoms with E-state index < -0.39 is 6.09 Å². The van der Waals surface area contributed by atoms with Crippen LogP contribution in [0.25, 0.3) is 0 Å². The summed E-state index contributed by atoms with van der Waals surface area (Å²) in [5.41, 5.74) is 1.79. The van der Waals surface area contributed by atoms with Crippen molar-refractivity contribution in [2.24, 2.45) is 0 Å². The molecule has 0 saturated heterocycles. The highest BCUT2D eigenvalue weighted by Crippen LogP contribution is 2.25. The maximum absolute atomic E-state index is 11.6. The van der Waals surface area contributed by atoms with Crippen LogP contribution >= 0.6 is 35.7 Å². The molecule has 9 nitrogen and oxygen atoms in total. The minimum absolute atomic E-state index is 0.168. The smallest absolute Gasteiger partial charge is 0.417 e. The van der Waals surface area contributed by atoms with Crippen LogP contribution < -0.4 is 0 Å². The lowest BCUT2D eigenvalue weighted by Gasteiger charge is -2.30. The number of ether oxygens (including phenoxy) is 1. The lowest BCUT2D eigenvalue weighted by atomic mass is 10.3. The van der Waals surface area contributed by atoms with E-state index >= 15 is 0 Å². The van der Waals surface area contributed by atoms with Gasteiger partial charge in [0.2, 0.25) is 0 Å². The third-order valence-electron chi connectivity index (χ3n) is 3.53. The molecule has 0 aromatic heterocycles. The Morgan fingerprint density at radius 3 is 2.44 bits per heavy atom. The molecule has 3 aliphatic heterocycles. The van der Waals surface area contributed by atoms with Crippen molar-refractivity contribution in [3.05, 3.63) is 34.3 Å². The van der Waals surface area contributed by atoms with E-state index in [4.69, 9.17) is 31.5 Å². The van der Waals surface area contributed by atoms with E-state index in [1.54, 1.807) is 16.5 Å². The summed E-state index contributed by atoms with van der Waals surface area (Å²) in [6.45, 7) is 1.57. The number of hydroxylamine groups is 6. The normalized spacial score (nSPS) is 20.6. The molecule has 0 spiro atoms. The third kappa shape index (κ3) is 5.46. The number of rotatable bonds is 7. The van der Waals surface area contributed by atoms with Crippen LogP contribution in [-0.4, -0.2) is 70.8 Å². The number of nitrogens with zero attached hydrogens (tertiary/aromatic N) is 3. The van der Waals surface area contributed by atoms with Crippen LogP contribution in [0, 0.1) is 0 Å². The Labute approximate surface area is 169 Å². The first kappa shape index (κ1) is 20.2. The van der Waals surface area contributed by atoms with Crippen LogP contribution in [0.1, 0.15) is 0 Å². The molecule has 146 valence electrons. The minimum atomic E-state index is -0.552. The second kappa shape index (κ2) is 9.57. The predicted octanol–water partition coefficient (Wildman–Crippen LogP) is 2.65. The Bertz CT molecular complexity index is 711. The monoisotopic (exact) mass is 431 g/mol. The number of carbonyl (C=O) groups is 2. The van der Waals surface area contributed by atoms with Gasteiger partial charge in [-0.15, -0.1) is 0 Å². The van der Waals surface area contributed by atoms with E-state index in [1.165, 1.54) is 30.2 Å². The van der Waals surface area contributed by atoms with Gasteiger partial charge in [0.25, 0.3) is 0 Å². The molecule has 3 rings (SSSR count). The van der Waals surface area contributed by atoms with E-state index in [9.17, 15) is 9.59 Å². The van der Waals surface area contributed by atoms with Crippen molar-refractivity contribution >= 4 is 51.4 Å². The molecular weight excluding hydrogens is 414 g/mol. The summed E-state index contributed by atoms with van der Waals surface area (Å²) in [7, 11) is 1.45. The summed E-state index contributed by atoms with van der Waals surface area (Å²) >= 11 is 7.70. The molecule has 0 bridgehead atoms. The number of thioether (sulfide) groups is 2. The second-order valence-electron chi connectivity index (χ2n) is 5.44. The van der Waals surface area contributed by atoms with Gasteiger partial charge in [-0.2, -0.15) is 5.06 Å². The van der Waals surface area contributed by atoms with E-state index in [2.05, 4.69) is 0 Å². The molecule has 0 aromatic rings. The molecule has 3 heterocycles. The van der Waals surface area contributed by atoms with Crippen molar-refractivity contribution < 1.29 is 28.8 Å². The molecule has 0 aliphatic carbocycles. The highest BCUT2D eigenvalue weighted by molar-refractivity contribution is 8.24. The highest BCUT2D eigenvalue weighted by atomic mass is 32.2. The molecule has 0 N–H and O–H groups in total. The number of cyclic esters (lactones) is 1. The Balaban J connectivity index is 1.48. The van der Waals surface area contributed by atoms with E-state index in [0.29, 0.717) is 24.0 Å². The van der Waals surface area contributed by atoms with Gasteiger partial charge in [-0.25, -0.2) is 14.9 Å². The summed E-state index contributed by atoms with van der Waals surface area (Å²) in [4.78, 5) is 39.4. The van der Waals surface area contributed by atoms with Crippen molar-refractivity contribution in [2.75, 3.05) is 40.0 Å². The lowest BCUT2D eigenvalue weighted by molar-refractivity contribution is -0.125. The zero-order chi connectivity index (χ0) is 19.2. The average Bonchev–Trinajstić information content (AvgIpc) is 2.68. The summed E-state index contributed by atoms with van der Waals surface area (Å²) in [6, 6.07) is 0. The summed E-state index contributed by atoms with van der Waals surface area (Å²) in [5.74, 6) is 0. The fraction of sp³-hybridized carbons (Fsp3) is 0.400. The van der Waals surface area contributed by atoms with E-state index in [1.807, 2.05) is 5.41 Å². The van der Waals surface area contributed by atoms with Crippen LogP contribution in [0.5, 0.6) is 0 Å². The standard InChI is InChI=1S/C15H17N3O6S3/c1-21-17-5-11(9-26-14(17)20)8-24-18-6-12(10-27-15(18)25)7-23-16-3-2-4-22-13(16)19/h2,4,9-10H,3,5-8H2,1H3. The Hall–Kier alpha value is -1.57. The molecule has 0 saturated carbocycles. The number of hydrogen-bond donors (Lipinski definition) is 0. The van der Waals surface area contributed by atoms with Crippen molar-refractivity contribution in [3.63, 3.8) is 0 Å². The van der Waals surface area contributed by atoms with Gasteiger partial charge in [0.15, 0.2) is 4.32 Å². The van der Waals surface area contributed by atoms with Gasteiger partial charge >= 0.3 is 11.3 Å². The van der Waals surface area contributed by atoms with Crippen molar-refractivity contribution in [1.29, 1.82) is 0 Å². The van der Waals surface area contributed by atoms with E-state index in [0.717, 1.165) is 28.0 Å². The second-order valence-corrected chi connectivity index (χ2v) is 7.76. The topological polar surface area (TPSA) is 80.8 Å². The molecule has 27 heavy (non-hydrogen) atoms. The van der Waals surface area contributed by atoms with Gasteiger partial charge < -0.3 is 4.74 Å². The number of hydrogen-bond acceptors (Lipinski definition) is 9. The van der Waals surface area contributed by atoms with Gasteiger partial charge in [-0.05, 0) is 39.8 Å². The minimum Gasteiger partial charge on any atom is -0.417 e. The zero-order valence-corrected chi connectivity index (χ0v) is 16.8. The maximum atomic E-state index is 11.6. The van der Waals surface area contributed by atoms with Gasteiger partial charge in [-0.3, -0.25) is 19.3 Å². The summed E-state index contributed by atoms with van der Waals surface area (Å²) in [5, 5.41) is 7.47. The number of carbonyl (C=O) groups excluding carboxylic acids is 2. The van der Waals surface area contributed by atoms with Crippen molar-refractivity contribution in [2.45, 2.75) is 0 Å². The first-order valence-electron chi connectivity index (χ1n) is 7.82. The molecule has 0 unspecified atom stereocenters. The Kier molecular flexibility index (Phi) is 7.15. The van der Waals surface area contributed by atoms with E-state index in [-0.39, 0.29) is 18.5 Å². The van der Waals surface area contributed by atoms with Crippen molar-refractivity contribution in [3.8, 4) is 0 Å². The van der Waals surface area contributed by atoms with Crippen molar-refractivity contribution in [1.82, 2.24) is 15.2 Å². The first-order chi connectivity index (χ1) is 13.1. The molecule has 0 fully saturated rings. The first-order valence-corrected chi connectivity index (χ1v) is 9.99. The van der Waals surface area contributed by atoms with Gasteiger partial charge in [0.05, 0.1) is 46.2 Å². The maximum Gasteiger partial charge on any atom is 0.439 e. The fourth-order valence-corrected chi connectivity index (χ4v) is 3.73. The summed E-state index contributed by atoms with van der Waals surface area (Å²) < 4.78 is 5.33. The molecule has 0 atom stereocenters. The lowest BCUT2D eigenvalue weighted by Crippen LogP contribution is -2.38. The quantitative estimate of drug-likeness (QED) is 0.561. The third-order valence-corrected chi connectivity index (χ3v) is 5.73.